The number of amides is 2. The summed E-state index contributed by atoms with van der Waals surface area (Å²) in [6.45, 7) is 4.13. The van der Waals surface area contributed by atoms with Crippen LogP contribution < -0.4 is 10.1 Å². The van der Waals surface area contributed by atoms with Crippen molar-refractivity contribution < 1.29 is 18.8 Å². The Morgan fingerprint density at radius 2 is 2.00 bits per heavy atom. The van der Waals surface area contributed by atoms with Crippen LogP contribution in [0.3, 0.4) is 0 Å². The van der Waals surface area contributed by atoms with Gasteiger partial charge in [0.05, 0.1) is 0 Å². The number of hydrogen-bond acceptors (Lipinski definition) is 5. The minimum atomic E-state index is -0.352. The van der Waals surface area contributed by atoms with Crippen molar-refractivity contribution in [1.82, 2.24) is 10.1 Å². The second-order valence-corrected chi connectivity index (χ2v) is 6.28. The van der Waals surface area contributed by atoms with Crippen LogP contribution in [-0.2, 0) is 9.59 Å². The molecule has 0 saturated carbocycles. The van der Waals surface area contributed by atoms with E-state index in [0.29, 0.717) is 23.1 Å². The molecule has 0 bridgehead atoms. The van der Waals surface area contributed by atoms with Gasteiger partial charge in [-0.15, -0.1) is 0 Å². The van der Waals surface area contributed by atoms with E-state index in [4.69, 9.17) is 16.3 Å². The molecule has 1 heterocycles. The number of nitrogens with zero attached hydrogens (tertiary/aromatic N) is 2. The summed E-state index contributed by atoms with van der Waals surface area (Å²) in [5.74, 6) is 0.418. The molecule has 2 amide bonds. The molecule has 2 rings (SSSR count). The van der Waals surface area contributed by atoms with Gasteiger partial charge in [-0.3, -0.25) is 9.59 Å². The third kappa shape index (κ3) is 6.46. The van der Waals surface area contributed by atoms with Crippen LogP contribution in [0.1, 0.15) is 13.8 Å². The summed E-state index contributed by atoms with van der Waals surface area (Å²) >= 11 is 5.81. The van der Waals surface area contributed by atoms with Gasteiger partial charge in [0.1, 0.15) is 18.6 Å². The summed E-state index contributed by atoms with van der Waals surface area (Å²) in [5, 5.41) is 6.76. The van der Waals surface area contributed by atoms with E-state index < -0.39 is 0 Å². The monoisotopic (exact) mass is 365 g/mol. The molecule has 25 heavy (non-hydrogen) atoms. The van der Waals surface area contributed by atoms with E-state index in [1.807, 2.05) is 13.8 Å². The van der Waals surface area contributed by atoms with Crippen LogP contribution in [0.4, 0.5) is 5.82 Å². The molecular formula is C17H20ClN3O4. The van der Waals surface area contributed by atoms with Crippen molar-refractivity contribution in [3.8, 4) is 5.75 Å². The molecule has 0 atom stereocenters. The zero-order chi connectivity index (χ0) is 18.2. The maximum atomic E-state index is 12.4. The third-order valence-electron chi connectivity index (χ3n) is 3.15. The van der Waals surface area contributed by atoms with Crippen LogP contribution in [0.15, 0.2) is 41.1 Å². The molecule has 0 aliphatic rings. The van der Waals surface area contributed by atoms with Gasteiger partial charge in [-0.05, 0) is 30.2 Å². The summed E-state index contributed by atoms with van der Waals surface area (Å²) in [6, 6.07) is 8.24. The fourth-order valence-electron chi connectivity index (χ4n) is 2.10. The lowest BCUT2D eigenvalue weighted by Crippen LogP contribution is -2.42. The molecule has 1 aromatic heterocycles. The van der Waals surface area contributed by atoms with Crippen molar-refractivity contribution in [2.45, 2.75) is 13.8 Å². The van der Waals surface area contributed by atoms with E-state index >= 15 is 0 Å². The second-order valence-electron chi connectivity index (χ2n) is 5.84. The smallest absolute Gasteiger partial charge is 0.260 e. The number of rotatable bonds is 8. The van der Waals surface area contributed by atoms with E-state index in [1.165, 1.54) is 17.2 Å². The Bertz CT molecular complexity index is 686. The normalized spacial score (nSPS) is 10.6. The number of aromatic nitrogens is 1. The number of carbonyl (C=O) groups excluding carboxylic acids is 2. The SMILES string of the molecule is CC(C)CN(CC(=O)Nc1ccon1)C(=O)COc1ccc(Cl)cc1. The highest BCUT2D eigenvalue weighted by molar-refractivity contribution is 6.30. The highest BCUT2D eigenvalue weighted by Crippen LogP contribution is 2.15. The average Bonchev–Trinajstić information content (AvgIpc) is 3.05. The van der Waals surface area contributed by atoms with Crippen LogP contribution >= 0.6 is 11.6 Å². The molecule has 1 aromatic carbocycles. The molecule has 0 fully saturated rings. The number of nitrogens with one attached hydrogen (secondary N) is 1. The fourth-order valence-corrected chi connectivity index (χ4v) is 2.22. The lowest BCUT2D eigenvalue weighted by Gasteiger charge is -2.24. The van der Waals surface area contributed by atoms with E-state index in [2.05, 4.69) is 15.0 Å². The number of hydrogen-bond donors (Lipinski definition) is 1. The van der Waals surface area contributed by atoms with Crippen LogP contribution in [0.5, 0.6) is 5.75 Å². The third-order valence-corrected chi connectivity index (χ3v) is 3.41. The number of carbonyl (C=O) groups is 2. The molecule has 1 N–H and O–H groups in total. The fraction of sp³-hybridized carbons (Fsp3) is 0.353. The molecule has 2 aromatic rings. The molecule has 0 aliphatic heterocycles. The van der Waals surface area contributed by atoms with Gasteiger partial charge >= 0.3 is 0 Å². The number of halogens is 1. The van der Waals surface area contributed by atoms with Crippen molar-refractivity contribution in [2.75, 3.05) is 25.0 Å². The number of benzene rings is 1. The minimum absolute atomic E-state index is 0.0894. The zero-order valence-electron chi connectivity index (χ0n) is 14.1. The van der Waals surface area contributed by atoms with E-state index in [-0.39, 0.29) is 30.9 Å². The first-order chi connectivity index (χ1) is 11.9. The zero-order valence-corrected chi connectivity index (χ0v) is 14.8. The molecule has 0 radical (unpaired) electrons. The first-order valence-corrected chi connectivity index (χ1v) is 8.18. The molecule has 0 spiro atoms. The maximum absolute atomic E-state index is 12.4. The highest BCUT2D eigenvalue weighted by Gasteiger charge is 2.19. The van der Waals surface area contributed by atoms with Crippen LogP contribution in [0.2, 0.25) is 5.02 Å². The van der Waals surface area contributed by atoms with Gasteiger partial charge in [0.15, 0.2) is 12.4 Å². The van der Waals surface area contributed by atoms with Crippen molar-refractivity contribution in [1.29, 1.82) is 0 Å². The van der Waals surface area contributed by atoms with Crippen LogP contribution in [0.25, 0.3) is 0 Å². The Morgan fingerprint density at radius 1 is 1.28 bits per heavy atom. The standard InChI is InChI=1S/C17H20ClN3O4/c1-12(2)9-21(10-16(22)19-15-7-8-25-20-15)17(23)11-24-14-5-3-13(18)4-6-14/h3-8,12H,9-11H2,1-2H3,(H,19,20,22). The number of anilines is 1. The average molecular weight is 366 g/mol. The van der Waals surface area contributed by atoms with Gasteiger partial charge < -0.3 is 19.5 Å². The first-order valence-electron chi connectivity index (χ1n) is 7.80. The molecule has 0 saturated heterocycles. The maximum Gasteiger partial charge on any atom is 0.260 e. The largest absolute Gasteiger partial charge is 0.484 e. The van der Waals surface area contributed by atoms with E-state index in [1.54, 1.807) is 24.3 Å². The lowest BCUT2D eigenvalue weighted by atomic mass is 10.2. The Morgan fingerprint density at radius 3 is 2.60 bits per heavy atom. The van der Waals surface area contributed by atoms with Crippen molar-refractivity contribution in [3.05, 3.63) is 41.6 Å². The van der Waals surface area contributed by atoms with Gasteiger partial charge in [0.2, 0.25) is 5.91 Å². The van der Waals surface area contributed by atoms with Crippen molar-refractivity contribution in [3.63, 3.8) is 0 Å². The predicted molar refractivity (Wildman–Crippen MR) is 93.5 cm³/mol. The van der Waals surface area contributed by atoms with Crippen LogP contribution in [-0.4, -0.2) is 41.6 Å². The molecule has 0 aliphatic carbocycles. The van der Waals surface area contributed by atoms with Gasteiger partial charge in [-0.25, -0.2) is 0 Å². The lowest BCUT2D eigenvalue weighted by molar-refractivity contribution is -0.137. The molecule has 7 nitrogen and oxygen atoms in total. The van der Waals surface area contributed by atoms with Gasteiger partial charge in [-0.1, -0.05) is 30.6 Å². The molecule has 134 valence electrons. The Kier molecular flexibility index (Phi) is 6.82. The van der Waals surface area contributed by atoms with E-state index in [9.17, 15) is 9.59 Å². The summed E-state index contributed by atoms with van der Waals surface area (Å²) < 4.78 is 10.1. The quantitative estimate of drug-likeness (QED) is 0.777. The minimum Gasteiger partial charge on any atom is -0.484 e. The number of ether oxygens (including phenoxy) is 1. The summed E-state index contributed by atoms with van der Waals surface area (Å²) in [6.07, 6.45) is 1.35. The van der Waals surface area contributed by atoms with Gasteiger partial charge in [-0.2, -0.15) is 0 Å². The van der Waals surface area contributed by atoms with Crippen molar-refractivity contribution in [2.24, 2.45) is 5.92 Å². The summed E-state index contributed by atoms with van der Waals surface area (Å²) in [5.41, 5.74) is 0. The predicted octanol–water partition coefficient (Wildman–Crippen LogP) is 2.83. The Balaban J connectivity index is 1.91. The molecular weight excluding hydrogens is 346 g/mol. The second kappa shape index (κ2) is 9.08. The first kappa shape index (κ1) is 18.8. The molecule has 0 unspecified atom stereocenters. The summed E-state index contributed by atoms with van der Waals surface area (Å²) in [7, 11) is 0. The highest BCUT2D eigenvalue weighted by atomic mass is 35.5. The van der Waals surface area contributed by atoms with Gasteiger partial charge in [0, 0.05) is 17.6 Å². The van der Waals surface area contributed by atoms with Crippen LogP contribution in [0, 0.1) is 5.92 Å². The summed E-state index contributed by atoms with van der Waals surface area (Å²) in [4.78, 5) is 25.9. The van der Waals surface area contributed by atoms with Gasteiger partial charge in [0.25, 0.3) is 5.91 Å². The molecule has 8 heteroatoms. The topological polar surface area (TPSA) is 84.7 Å². The Hall–Kier alpha value is -2.54. The van der Waals surface area contributed by atoms with E-state index in [0.717, 1.165) is 0 Å². The van der Waals surface area contributed by atoms with Crippen molar-refractivity contribution >= 4 is 29.2 Å². The Labute approximate surface area is 150 Å².